The zero-order chi connectivity index (χ0) is 17.9. The number of hydrogen-bond acceptors (Lipinski definition) is 2. The average Bonchev–Trinajstić information content (AvgIpc) is 2.93. The Balaban J connectivity index is 0.00000210. The van der Waals surface area contributed by atoms with Crippen molar-refractivity contribution in [1.82, 2.24) is 9.55 Å². The standard InChI is InChI=1S/C23H22N2O.ClH/c1-17-18(2)25(15-19-9-5-3-6-10-19)22-21(17)13-14-24-23(22)26-16-20-11-7-4-8-12-20;/h3-14H,15-16H2,1-2H3;1H. The van der Waals surface area contributed by atoms with E-state index < -0.39 is 0 Å². The summed E-state index contributed by atoms with van der Waals surface area (Å²) < 4.78 is 8.43. The molecule has 3 nitrogen and oxygen atoms in total. The number of ether oxygens (including phenoxy) is 1. The van der Waals surface area contributed by atoms with Gasteiger partial charge in [0.1, 0.15) is 12.1 Å². The topological polar surface area (TPSA) is 27.1 Å². The third kappa shape index (κ3) is 3.83. The van der Waals surface area contributed by atoms with Crippen molar-refractivity contribution < 1.29 is 4.74 Å². The maximum absolute atomic E-state index is 6.12. The Morgan fingerprint density at radius 2 is 1.48 bits per heavy atom. The fourth-order valence-electron chi connectivity index (χ4n) is 3.36. The molecule has 0 radical (unpaired) electrons. The first-order chi connectivity index (χ1) is 12.7. The molecule has 2 aromatic carbocycles. The van der Waals surface area contributed by atoms with Gasteiger partial charge in [-0.25, -0.2) is 4.98 Å². The summed E-state index contributed by atoms with van der Waals surface area (Å²) in [5.74, 6) is 0.693. The summed E-state index contributed by atoms with van der Waals surface area (Å²) >= 11 is 0. The lowest BCUT2D eigenvalue weighted by atomic mass is 10.2. The predicted octanol–water partition coefficient (Wildman–Crippen LogP) is 5.70. The molecule has 2 aromatic heterocycles. The van der Waals surface area contributed by atoms with Crippen LogP contribution < -0.4 is 4.74 Å². The smallest absolute Gasteiger partial charge is 0.238 e. The van der Waals surface area contributed by atoms with Crippen LogP contribution in [0.5, 0.6) is 5.88 Å². The van der Waals surface area contributed by atoms with Gasteiger partial charge in [-0.05, 0) is 36.6 Å². The zero-order valence-corrected chi connectivity index (χ0v) is 16.4. The lowest BCUT2D eigenvalue weighted by Gasteiger charge is -2.12. The number of aryl methyl sites for hydroxylation is 1. The van der Waals surface area contributed by atoms with Gasteiger partial charge in [0, 0.05) is 23.8 Å². The zero-order valence-electron chi connectivity index (χ0n) is 15.6. The second kappa shape index (κ2) is 8.28. The Labute approximate surface area is 166 Å². The second-order valence-electron chi connectivity index (χ2n) is 6.57. The summed E-state index contributed by atoms with van der Waals surface area (Å²) in [6, 6.07) is 22.8. The minimum atomic E-state index is 0. The van der Waals surface area contributed by atoms with Crippen LogP contribution in [0.3, 0.4) is 0 Å². The minimum absolute atomic E-state index is 0. The number of benzene rings is 2. The molecule has 0 unspecified atom stereocenters. The number of fused-ring (bicyclic) bond motifs is 1. The molecule has 0 saturated heterocycles. The van der Waals surface area contributed by atoms with E-state index in [1.54, 1.807) is 0 Å². The quantitative estimate of drug-likeness (QED) is 0.445. The molecule has 0 saturated carbocycles. The first-order valence-electron chi connectivity index (χ1n) is 8.89. The van der Waals surface area contributed by atoms with E-state index in [0.29, 0.717) is 12.5 Å². The fraction of sp³-hybridized carbons (Fsp3) is 0.174. The Hall–Kier alpha value is -2.78. The number of halogens is 1. The van der Waals surface area contributed by atoms with Gasteiger partial charge in [0.15, 0.2) is 0 Å². The van der Waals surface area contributed by atoms with Crippen molar-refractivity contribution >= 4 is 23.3 Å². The third-order valence-electron chi connectivity index (χ3n) is 4.91. The molecule has 0 spiro atoms. The molecule has 4 aromatic rings. The summed E-state index contributed by atoms with van der Waals surface area (Å²) in [4.78, 5) is 4.54. The molecule has 0 N–H and O–H groups in total. The monoisotopic (exact) mass is 378 g/mol. The van der Waals surface area contributed by atoms with Crippen LogP contribution in [0.15, 0.2) is 72.9 Å². The van der Waals surface area contributed by atoms with Crippen LogP contribution in [0.2, 0.25) is 0 Å². The van der Waals surface area contributed by atoms with Gasteiger partial charge in [-0.15, -0.1) is 12.4 Å². The van der Waals surface area contributed by atoms with Gasteiger partial charge < -0.3 is 9.30 Å². The third-order valence-corrected chi connectivity index (χ3v) is 4.91. The van der Waals surface area contributed by atoms with Crippen LogP contribution in [-0.2, 0) is 13.2 Å². The highest BCUT2D eigenvalue weighted by Gasteiger charge is 2.16. The van der Waals surface area contributed by atoms with Crippen molar-refractivity contribution in [3.8, 4) is 5.88 Å². The summed E-state index contributed by atoms with van der Waals surface area (Å²) in [7, 11) is 0. The molecule has 138 valence electrons. The van der Waals surface area contributed by atoms with Crippen LogP contribution in [0, 0.1) is 13.8 Å². The van der Waals surface area contributed by atoms with Crippen molar-refractivity contribution in [2.45, 2.75) is 27.0 Å². The largest absolute Gasteiger partial charge is 0.471 e. The number of rotatable bonds is 5. The summed E-state index contributed by atoms with van der Waals surface area (Å²) in [5, 5.41) is 1.21. The maximum Gasteiger partial charge on any atom is 0.238 e. The molecule has 0 aliphatic heterocycles. The van der Waals surface area contributed by atoms with Crippen molar-refractivity contribution in [3.63, 3.8) is 0 Å². The van der Waals surface area contributed by atoms with Gasteiger partial charge in [-0.1, -0.05) is 60.7 Å². The molecule has 4 heteroatoms. The van der Waals surface area contributed by atoms with Gasteiger partial charge in [-0.2, -0.15) is 0 Å². The molecule has 2 heterocycles. The van der Waals surface area contributed by atoms with E-state index in [9.17, 15) is 0 Å². The predicted molar refractivity (Wildman–Crippen MR) is 113 cm³/mol. The van der Waals surface area contributed by atoms with Gasteiger partial charge in [0.2, 0.25) is 5.88 Å². The van der Waals surface area contributed by atoms with Gasteiger partial charge >= 0.3 is 0 Å². The van der Waals surface area contributed by atoms with E-state index >= 15 is 0 Å². The van der Waals surface area contributed by atoms with E-state index in [-0.39, 0.29) is 12.4 Å². The first-order valence-corrected chi connectivity index (χ1v) is 8.89. The molecule has 0 atom stereocenters. The molecule has 0 aliphatic carbocycles. The van der Waals surface area contributed by atoms with Crippen molar-refractivity contribution in [1.29, 1.82) is 0 Å². The molecule has 27 heavy (non-hydrogen) atoms. The van der Waals surface area contributed by atoms with E-state index in [1.165, 1.54) is 22.2 Å². The molecule has 0 bridgehead atoms. The normalized spacial score (nSPS) is 10.6. The number of aromatic nitrogens is 2. The fourth-order valence-corrected chi connectivity index (χ4v) is 3.36. The summed E-state index contributed by atoms with van der Waals surface area (Å²) in [6.07, 6.45) is 1.84. The Morgan fingerprint density at radius 1 is 0.852 bits per heavy atom. The SMILES string of the molecule is Cc1c(C)n(Cc2ccccc2)c2c(OCc3ccccc3)nccc12.Cl. The highest BCUT2D eigenvalue weighted by molar-refractivity contribution is 5.89. The first kappa shape index (κ1) is 19.0. The highest BCUT2D eigenvalue weighted by Crippen LogP contribution is 2.31. The molecule has 0 fully saturated rings. The van der Waals surface area contributed by atoms with Crippen LogP contribution in [0.1, 0.15) is 22.4 Å². The summed E-state index contributed by atoms with van der Waals surface area (Å²) in [5.41, 5.74) is 6.01. The van der Waals surface area contributed by atoms with Crippen LogP contribution in [-0.4, -0.2) is 9.55 Å². The van der Waals surface area contributed by atoms with E-state index in [2.05, 4.69) is 65.9 Å². The number of nitrogens with zero attached hydrogens (tertiary/aromatic N) is 2. The Morgan fingerprint density at radius 3 is 2.15 bits per heavy atom. The molecule has 0 amide bonds. The van der Waals surface area contributed by atoms with Gasteiger partial charge in [0.05, 0.1) is 0 Å². The number of pyridine rings is 1. The summed E-state index contributed by atoms with van der Waals surface area (Å²) in [6.45, 7) is 5.66. The molecular formula is C23H23ClN2O. The molecule has 0 aliphatic rings. The van der Waals surface area contributed by atoms with Crippen molar-refractivity contribution in [3.05, 3.63) is 95.3 Å². The van der Waals surface area contributed by atoms with Crippen LogP contribution in [0.25, 0.3) is 10.9 Å². The van der Waals surface area contributed by atoms with Crippen molar-refractivity contribution in [2.75, 3.05) is 0 Å². The van der Waals surface area contributed by atoms with E-state index in [4.69, 9.17) is 4.74 Å². The van der Waals surface area contributed by atoms with Crippen LogP contribution in [0.4, 0.5) is 0 Å². The minimum Gasteiger partial charge on any atom is -0.471 e. The van der Waals surface area contributed by atoms with Crippen molar-refractivity contribution in [2.24, 2.45) is 0 Å². The lowest BCUT2D eigenvalue weighted by Crippen LogP contribution is -2.05. The Bertz CT molecular complexity index is 1030. The molecule has 4 rings (SSSR count). The van der Waals surface area contributed by atoms with Gasteiger partial charge in [0.25, 0.3) is 0 Å². The second-order valence-corrected chi connectivity index (χ2v) is 6.57. The average molecular weight is 379 g/mol. The van der Waals surface area contributed by atoms with E-state index in [1.807, 2.05) is 30.5 Å². The highest BCUT2D eigenvalue weighted by atomic mass is 35.5. The van der Waals surface area contributed by atoms with E-state index in [0.717, 1.165) is 17.6 Å². The van der Waals surface area contributed by atoms with Gasteiger partial charge in [-0.3, -0.25) is 0 Å². The Kier molecular flexibility index (Phi) is 5.82. The molecular weight excluding hydrogens is 356 g/mol. The number of hydrogen-bond donors (Lipinski definition) is 0. The van der Waals surface area contributed by atoms with Crippen LogP contribution >= 0.6 is 12.4 Å². The lowest BCUT2D eigenvalue weighted by molar-refractivity contribution is 0.296. The maximum atomic E-state index is 6.12.